The first kappa shape index (κ1) is 22.3. The van der Waals surface area contributed by atoms with Gasteiger partial charge in [-0.25, -0.2) is 4.79 Å². The molecule has 3 N–H and O–H groups in total. The summed E-state index contributed by atoms with van der Waals surface area (Å²) in [5, 5.41) is 10.3. The van der Waals surface area contributed by atoms with Crippen molar-refractivity contribution in [2.24, 2.45) is 0 Å². The van der Waals surface area contributed by atoms with Crippen molar-refractivity contribution in [3.63, 3.8) is 0 Å². The summed E-state index contributed by atoms with van der Waals surface area (Å²) in [5.74, 6) is -2.48. The van der Waals surface area contributed by atoms with Gasteiger partial charge < -0.3 is 20.3 Å². The van der Waals surface area contributed by atoms with E-state index in [2.05, 4.69) is 15.3 Å². The number of halogens is 3. The minimum atomic E-state index is -5.08. The van der Waals surface area contributed by atoms with Crippen LogP contribution in [0.4, 0.5) is 13.2 Å². The fourth-order valence-electron chi connectivity index (χ4n) is 4.05. The molecule has 1 unspecified atom stereocenters. The van der Waals surface area contributed by atoms with Gasteiger partial charge in [-0.1, -0.05) is 0 Å². The monoisotopic (exact) mass is 438 g/mol. The van der Waals surface area contributed by atoms with Crippen molar-refractivity contribution in [2.75, 3.05) is 13.1 Å². The highest BCUT2D eigenvalue weighted by molar-refractivity contribution is 5.92. The second-order valence-corrected chi connectivity index (χ2v) is 7.42. The second kappa shape index (κ2) is 8.78. The zero-order chi connectivity index (χ0) is 22.6. The number of aliphatic carboxylic acids is 1. The number of nitrogens with zero attached hydrogens (tertiary/aromatic N) is 2. The third-order valence-electron chi connectivity index (χ3n) is 5.57. The standard InChI is InChI=1S/C18H20N4O2.C2HF3O2/c23-16-12-14(13-3-8-19-9-4-13)18(21-16)5-10-22(11-6-18)17(24)15-2-1-7-20-15;3-2(4,5)1(6)7/h1-4,7-9,14,20H,5-6,10-12H2,(H,21,23);(H,6,7). The van der Waals surface area contributed by atoms with E-state index >= 15 is 0 Å². The summed E-state index contributed by atoms with van der Waals surface area (Å²) >= 11 is 0. The number of hydrogen-bond donors (Lipinski definition) is 3. The second-order valence-electron chi connectivity index (χ2n) is 7.42. The van der Waals surface area contributed by atoms with Crippen molar-refractivity contribution in [3.05, 3.63) is 54.1 Å². The Balaban J connectivity index is 0.000000339. The number of nitrogens with one attached hydrogen (secondary N) is 2. The summed E-state index contributed by atoms with van der Waals surface area (Å²) in [6.07, 6.45) is 2.28. The maximum Gasteiger partial charge on any atom is 0.490 e. The third-order valence-corrected chi connectivity index (χ3v) is 5.57. The van der Waals surface area contributed by atoms with Crippen molar-refractivity contribution >= 4 is 17.8 Å². The lowest BCUT2D eigenvalue weighted by atomic mass is 9.74. The summed E-state index contributed by atoms with van der Waals surface area (Å²) in [4.78, 5) is 42.4. The van der Waals surface area contributed by atoms with Crippen LogP contribution in [0.25, 0.3) is 0 Å². The molecule has 4 rings (SSSR count). The van der Waals surface area contributed by atoms with E-state index in [-0.39, 0.29) is 23.3 Å². The molecule has 2 aliphatic rings. The number of carboxylic acids is 1. The topological polar surface area (TPSA) is 115 Å². The highest BCUT2D eigenvalue weighted by Crippen LogP contribution is 2.43. The number of likely N-dealkylation sites (tertiary alicyclic amines) is 1. The van der Waals surface area contributed by atoms with Gasteiger partial charge in [0.1, 0.15) is 5.69 Å². The van der Waals surface area contributed by atoms with Gasteiger partial charge >= 0.3 is 12.1 Å². The number of pyridine rings is 1. The summed E-state index contributed by atoms with van der Waals surface area (Å²) < 4.78 is 31.7. The van der Waals surface area contributed by atoms with Crippen molar-refractivity contribution in [3.8, 4) is 0 Å². The number of carbonyl (C=O) groups is 3. The lowest BCUT2D eigenvalue weighted by molar-refractivity contribution is -0.192. The van der Waals surface area contributed by atoms with Crippen LogP contribution in [0, 0.1) is 0 Å². The van der Waals surface area contributed by atoms with Crippen molar-refractivity contribution in [1.82, 2.24) is 20.2 Å². The Kier molecular flexibility index (Phi) is 6.32. The Bertz CT molecular complexity index is 924. The average molecular weight is 438 g/mol. The van der Waals surface area contributed by atoms with Gasteiger partial charge in [0, 0.05) is 44.0 Å². The number of H-pyrrole nitrogens is 1. The van der Waals surface area contributed by atoms with Crippen molar-refractivity contribution < 1.29 is 32.7 Å². The summed E-state index contributed by atoms with van der Waals surface area (Å²) in [6.45, 7) is 1.30. The van der Waals surface area contributed by atoms with Crippen LogP contribution in [0.5, 0.6) is 0 Å². The SMILES string of the molecule is O=C(O)C(F)(F)F.O=C1CC(c2ccncc2)C2(CCN(C(=O)c3ccc[nH]3)CC2)N1. The highest BCUT2D eigenvalue weighted by Gasteiger charge is 2.49. The minimum Gasteiger partial charge on any atom is -0.475 e. The molecule has 1 spiro atoms. The van der Waals surface area contributed by atoms with Gasteiger partial charge in [-0.2, -0.15) is 13.2 Å². The molecule has 0 saturated carbocycles. The molecular weight excluding hydrogens is 417 g/mol. The molecule has 11 heteroatoms. The zero-order valence-electron chi connectivity index (χ0n) is 16.4. The molecule has 2 saturated heterocycles. The van der Waals surface area contributed by atoms with Crippen LogP contribution in [0.1, 0.15) is 41.2 Å². The molecule has 2 amide bonds. The Hall–Kier alpha value is -3.37. The molecule has 8 nitrogen and oxygen atoms in total. The number of hydrogen-bond acceptors (Lipinski definition) is 4. The summed E-state index contributed by atoms with van der Waals surface area (Å²) in [5.41, 5.74) is 1.52. The van der Waals surface area contributed by atoms with Gasteiger partial charge in [-0.3, -0.25) is 14.6 Å². The van der Waals surface area contributed by atoms with Crippen LogP contribution in [0.15, 0.2) is 42.9 Å². The number of carbonyl (C=O) groups excluding carboxylic acids is 2. The van der Waals surface area contributed by atoms with E-state index in [1.807, 2.05) is 23.1 Å². The molecule has 0 aliphatic carbocycles. The smallest absolute Gasteiger partial charge is 0.475 e. The molecule has 166 valence electrons. The molecule has 31 heavy (non-hydrogen) atoms. The van der Waals surface area contributed by atoms with Crippen LogP contribution >= 0.6 is 0 Å². The van der Waals surface area contributed by atoms with Gasteiger partial charge in [-0.05, 0) is 42.7 Å². The third kappa shape index (κ3) is 5.04. The Morgan fingerprint density at radius 3 is 2.29 bits per heavy atom. The van der Waals surface area contributed by atoms with Crippen LogP contribution in [-0.4, -0.2) is 62.6 Å². The van der Waals surface area contributed by atoms with Crippen molar-refractivity contribution in [2.45, 2.75) is 36.9 Å². The Morgan fingerprint density at radius 1 is 1.16 bits per heavy atom. The van der Waals surface area contributed by atoms with E-state index in [0.29, 0.717) is 25.2 Å². The summed E-state index contributed by atoms with van der Waals surface area (Å²) in [6, 6.07) is 7.60. The maximum atomic E-state index is 12.5. The van der Waals surface area contributed by atoms with E-state index in [1.165, 1.54) is 0 Å². The predicted molar refractivity (Wildman–Crippen MR) is 102 cm³/mol. The lowest BCUT2D eigenvalue weighted by Gasteiger charge is -2.42. The number of alkyl halides is 3. The number of piperidine rings is 1. The van der Waals surface area contributed by atoms with Crippen molar-refractivity contribution in [1.29, 1.82) is 0 Å². The first-order valence-electron chi connectivity index (χ1n) is 9.56. The molecule has 0 bridgehead atoms. The first-order valence-corrected chi connectivity index (χ1v) is 9.56. The molecule has 2 aliphatic heterocycles. The predicted octanol–water partition coefficient (Wildman–Crippen LogP) is 2.32. The van der Waals surface area contributed by atoms with Gasteiger partial charge in [-0.15, -0.1) is 0 Å². The largest absolute Gasteiger partial charge is 0.490 e. The molecule has 0 radical (unpaired) electrons. The van der Waals surface area contributed by atoms with Gasteiger partial charge in [0.05, 0.1) is 5.54 Å². The quantitative estimate of drug-likeness (QED) is 0.666. The van der Waals surface area contributed by atoms with Gasteiger partial charge in [0.25, 0.3) is 5.91 Å². The molecule has 4 heterocycles. The fourth-order valence-corrected chi connectivity index (χ4v) is 4.05. The zero-order valence-corrected chi connectivity index (χ0v) is 16.4. The lowest BCUT2D eigenvalue weighted by Crippen LogP contribution is -2.54. The normalized spacial score (nSPS) is 20.0. The molecule has 1 atom stereocenters. The van der Waals surface area contributed by atoms with E-state index in [4.69, 9.17) is 9.90 Å². The highest BCUT2D eigenvalue weighted by atomic mass is 19.4. The van der Waals surface area contributed by atoms with Crippen LogP contribution in [-0.2, 0) is 9.59 Å². The number of aromatic nitrogens is 2. The molecule has 2 aromatic heterocycles. The average Bonchev–Trinajstić information content (AvgIpc) is 3.37. The number of carboxylic acid groups (broad SMARTS) is 1. The number of amides is 2. The molecule has 2 aromatic rings. The van der Waals surface area contributed by atoms with E-state index in [0.717, 1.165) is 18.4 Å². The first-order chi connectivity index (χ1) is 14.6. The maximum absolute atomic E-state index is 12.5. The van der Waals surface area contributed by atoms with E-state index in [9.17, 15) is 22.8 Å². The van der Waals surface area contributed by atoms with Gasteiger partial charge in [0.15, 0.2) is 0 Å². The van der Waals surface area contributed by atoms with E-state index < -0.39 is 12.1 Å². The Morgan fingerprint density at radius 2 is 1.77 bits per heavy atom. The van der Waals surface area contributed by atoms with E-state index in [1.54, 1.807) is 24.7 Å². The number of rotatable bonds is 2. The van der Waals surface area contributed by atoms with Crippen LogP contribution in [0.3, 0.4) is 0 Å². The minimum absolute atomic E-state index is 0.0274. The fraction of sp³-hybridized carbons (Fsp3) is 0.400. The number of aromatic amines is 1. The van der Waals surface area contributed by atoms with Gasteiger partial charge in [0.2, 0.25) is 5.91 Å². The Labute approximate surface area is 175 Å². The summed E-state index contributed by atoms with van der Waals surface area (Å²) in [7, 11) is 0. The van der Waals surface area contributed by atoms with Crippen LogP contribution < -0.4 is 5.32 Å². The van der Waals surface area contributed by atoms with Crippen LogP contribution in [0.2, 0.25) is 0 Å². The molecule has 0 aromatic carbocycles. The molecular formula is C20H21F3N4O4. The molecule has 2 fully saturated rings.